The molecule has 1 aliphatic heterocycles. The average molecular weight is 197 g/mol. The van der Waals surface area contributed by atoms with E-state index >= 15 is 0 Å². The summed E-state index contributed by atoms with van der Waals surface area (Å²) in [5, 5.41) is 3.64. The first kappa shape index (κ1) is 10.9. The molecule has 1 saturated heterocycles. The molecule has 0 radical (unpaired) electrons. The second-order valence-corrected chi connectivity index (χ2v) is 4.74. The van der Waals surface area contributed by atoms with Gasteiger partial charge < -0.3 is 5.32 Å². The van der Waals surface area contributed by atoms with Crippen LogP contribution in [0.5, 0.6) is 0 Å². The van der Waals surface area contributed by atoms with Crippen LogP contribution in [0, 0.1) is 12.3 Å². The third kappa shape index (κ3) is 4.06. The zero-order valence-electron chi connectivity index (χ0n) is 8.38. The summed E-state index contributed by atoms with van der Waals surface area (Å²) < 4.78 is 0. The molecule has 0 aromatic rings. The Morgan fingerprint density at radius 2 is 2.54 bits per heavy atom. The van der Waals surface area contributed by atoms with Crippen LogP contribution in [0.3, 0.4) is 0 Å². The predicted molar refractivity (Wildman–Crippen MR) is 61.0 cm³/mol. The molecule has 0 amide bonds. The van der Waals surface area contributed by atoms with Crippen LogP contribution in [0.4, 0.5) is 0 Å². The molecule has 0 saturated carbocycles. The molecule has 2 heteroatoms. The lowest BCUT2D eigenvalue weighted by atomic mass is 10.1. The van der Waals surface area contributed by atoms with Crippen LogP contribution in [0.15, 0.2) is 0 Å². The van der Waals surface area contributed by atoms with Crippen molar-refractivity contribution in [2.75, 3.05) is 11.5 Å². The Bertz CT molecular complexity index is 167. The number of thioether (sulfide) groups is 1. The molecule has 1 fully saturated rings. The highest BCUT2D eigenvalue weighted by molar-refractivity contribution is 7.99. The summed E-state index contributed by atoms with van der Waals surface area (Å²) in [5.41, 5.74) is 0. The molecule has 0 aliphatic carbocycles. The molecule has 0 aromatic heterocycles. The van der Waals surface area contributed by atoms with Crippen LogP contribution in [0.25, 0.3) is 0 Å². The fraction of sp³-hybridized carbons (Fsp3) is 0.818. The molecular formula is C11H19NS. The van der Waals surface area contributed by atoms with Gasteiger partial charge in [-0.15, -0.1) is 12.3 Å². The largest absolute Gasteiger partial charge is 0.309 e. The smallest absolute Gasteiger partial charge is 0.0240 e. The van der Waals surface area contributed by atoms with E-state index in [0.29, 0.717) is 12.1 Å². The lowest BCUT2D eigenvalue weighted by Crippen LogP contribution is -2.40. The monoisotopic (exact) mass is 197 g/mol. The molecule has 13 heavy (non-hydrogen) atoms. The van der Waals surface area contributed by atoms with E-state index in [-0.39, 0.29) is 0 Å². The molecule has 0 aromatic carbocycles. The summed E-state index contributed by atoms with van der Waals surface area (Å²) in [6.45, 7) is 2.20. The summed E-state index contributed by atoms with van der Waals surface area (Å²) in [4.78, 5) is 0. The van der Waals surface area contributed by atoms with Gasteiger partial charge in [0.05, 0.1) is 0 Å². The van der Waals surface area contributed by atoms with Crippen molar-refractivity contribution in [2.24, 2.45) is 0 Å². The van der Waals surface area contributed by atoms with Gasteiger partial charge >= 0.3 is 0 Å². The molecule has 74 valence electrons. The molecule has 1 heterocycles. The van der Waals surface area contributed by atoms with Crippen LogP contribution >= 0.6 is 11.8 Å². The van der Waals surface area contributed by atoms with Crippen LogP contribution < -0.4 is 5.32 Å². The highest BCUT2D eigenvalue weighted by Crippen LogP contribution is 2.17. The lowest BCUT2D eigenvalue weighted by Gasteiger charge is -2.26. The lowest BCUT2D eigenvalue weighted by molar-refractivity contribution is 0.420. The first-order valence-electron chi connectivity index (χ1n) is 5.14. The number of rotatable bonds is 4. The predicted octanol–water partition coefficient (Wildman–Crippen LogP) is 2.27. The van der Waals surface area contributed by atoms with Crippen LogP contribution in [0.1, 0.15) is 32.6 Å². The highest BCUT2D eigenvalue weighted by Gasteiger charge is 2.16. The number of terminal acetylenes is 1. The van der Waals surface area contributed by atoms with Gasteiger partial charge in [0.2, 0.25) is 0 Å². The van der Waals surface area contributed by atoms with Gasteiger partial charge in [0.1, 0.15) is 0 Å². The van der Waals surface area contributed by atoms with Gasteiger partial charge in [0.15, 0.2) is 0 Å². The van der Waals surface area contributed by atoms with Gasteiger partial charge in [-0.05, 0) is 25.0 Å². The van der Waals surface area contributed by atoms with Crippen molar-refractivity contribution in [2.45, 2.75) is 44.7 Å². The van der Waals surface area contributed by atoms with Gasteiger partial charge in [-0.2, -0.15) is 11.8 Å². The molecule has 1 N–H and O–H groups in total. The maximum absolute atomic E-state index is 5.31. The van der Waals surface area contributed by atoms with E-state index < -0.39 is 0 Å². The van der Waals surface area contributed by atoms with Crippen LogP contribution in [-0.2, 0) is 0 Å². The minimum absolute atomic E-state index is 0.536. The Hall–Kier alpha value is -0.130. The molecule has 1 rings (SSSR count). The zero-order valence-corrected chi connectivity index (χ0v) is 9.20. The molecular weight excluding hydrogens is 178 g/mol. The Balaban J connectivity index is 2.23. The normalized spacial score (nSPS) is 25.1. The van der Waals surface area contributed by atoms with Crippen LogP contribution in [-0.4, -0.2) is 23.6 Å². The van der Waals surface area contributed by atoms with Gasteiger partial charge in [-0.1, -0.05) is 6.92 Å². The Morgan fingerprint density at radius 1 is 1.69 bits per heavy atom. The van der Waals surface area contributed by atoms with E-state index in [4.69, 9.17) is 6.42 Å². The third-order valence-corrected chi connectivity index (χ3v) is 3.70. The van der Waals surface area contributed by atoms with Crippen molar-refractivity contribution in [3.8, 4) is 12.3 Å². The van der Waals surface area contributed by atoms with Crippen molar-refractivity contribution in [1.29, 1.82) is 0 Å². The first-order chi connectivity index (χ1) is 6.36. The first-order valence-corrected chi connectivity index (χ1v) is 6.29. The zero-order chi connectivity index (χ0) is 9.52. The Labute approximate surface area is 86.1 Å². The quantitative estimate of drug-likeness (QED) is 0.694. The fourth-order valence-corrected chi connectivity index (χ4v) is 2.75. The number of nitrogens with one attached hydrogen (secondary N) is 1. The van der Waals surface area contributed by atoms with Gasteiger partial charge in [-0.25, -0.2) is 0 Å². The van der Waals surface area contributed by atoms with Crippen molar-refractivity contribution in [3.63, 3.8) is 0 Å². The van der Waals surface area contributed by atoms with Gasteiger partial charge in [0, 0.05) is 24.3 Å². The standard InChI is InChI=1S/C11H19NS/c1-3-6-10(4-2)12-11-7-5-8-13-9-11/h1,10-12H,4-9H2,2H3. The van der Waals surface area contributed by atoms with Gasteiger partial charge in [0.25, 0.3) is 0 Å². The summed E-state index contributed by atoms with van der Waals surface area (Å²) in [6.07, 6.45) is 10.0. The molecule has 0 bridgehead atoms. The van der Waals surface area contributed by atoms with E-state index in [1.54, 1.807) is 0 Å². The average Bonchev–Trinajstić information content (AvgIpc) is 2.19. The second-order valence-electron chi connectivity index (χ2n) is 3.59. The van der Waals surface area contributed by atoms with Crippen molar-refractivity contribution >= 4 is 11.8 Å². The Kier molecular flexibility index (Phi) is 5.34. The minimum Gasteiger partial charge on any atom is -0.309 e. The minimum atomic E-state index is 0.536. The number of hydrogen-bond donors (Lipinski definition) is 1. The SMILES string of the molecule is C#CCC(CC)NC1CCCSC1. The summed E-state index contributed by atoms with van der Waals surface area (Å²) >= 11 is 2.06. The van der Waals surface area contributed by atoms with Gasteiger partial charge in [-0.3, -0.25) is 0 Å². The summed E-state index contributed by atoms with van der Waals surface area (Å²) in [6, 6.07) is 1.24. The topological polar surface area (TPSA) is 12.0 Å². The maximum Gasteiger partial charge on any atom is 0.0240 e. The fourth-order valence-electron chi connectivity index (χ4n) is 1.67. The Morgan fingerprint density at radius 3 is 3.08 bits per heavy atom. The second kappa shape index (κ2) is 6.34. The van der Waals surface area contributed by atoms with E-state index in [1.165, 1.54) is 24.3 Å². The third-order valence-electron chi connectivity index (χ3n) is 2.49. The number of hydrogen-bond acceptors (Lipinski definition) is 2. The van der Waals surface area contributed by atoms with E-state index in [1.807, 2.05) is 0 Å². The maximum atomic E-state index is 5.31. The molecule has 2 unspecified atom stereocenters. The van der Waals surface area contributed by atoms with E-state index in [0.717, 1.165) is 12.8 Å². The van der Waals surface area contributed by atoms with Crippen LogP contribution in [0.2, 0.25) is 0 Å². The molecule has 2 atom stereocenters. The van der Waals surface area contributed by atoms with Crippen molar-refractivity contribution in [1.82, 2.24) is 5.32 Å². The van der Waals surface area contributed by atoms with E-state index in [9.17, 15) is 0 Å². The molecule has 1 aliphatic rings. The van der Waals surface area contributed by atoms with Crippen molar-refractivity contribution in [3.05, 3.63) is 0 Å². The highest BCUT2D eigenvalue weighted by atomic mass is 32.2. The summed E-state index contributed by atoms with van der Waals surface area (Å²) in [7, 11) is 0. The van der Waals surface area contributed by atoms with E-state index in [2.05, 4.69) is 29.9 Å². The summed E-state index contributed by atoms with van der Waals surface area (Å²) in [5.74, 6) is 5.34. The molecule has 1 nitrogen and oxygen atoms in total. The van der Waals surface area contributed by atoms with Crippen molar-refractivity contribution < 1.29 is 0 Å². The molecule has 0 spiro atoms.